The Morgan fingerprint density at radius 3 is 2.41 bits per heavy atom. The third-order valence-corrected chi connectivity index (χ3v) is 5.30. The number of nitrogens with one attached hydrogen (secondary N) is 1. The van der Waals surface area contributed by atoms with Gasteiger partial charge in [0.25, 0.3) is 6.47 Å². The number of nitrogens with zero attached hydrogens (tertiary/aromatic N) is 1. The summed E-state index contributed by atoms with van der Waals surface area (Å²) < 4.78 is 6.33. The van der Waals surface area contributed by atoms with E-state index in [1.54, 1.807) is 0 Å². The van der Waals surface area contributed by atoms with Crippen LogP contribution in [-0.4, -0.2) is 41.7 Å². The number of urea groups is 1. The third kappa shape index (κ3) is 6.06. The molecular weight excluding hydrogens is 368 g/mol. The first-order valence-electron chi connectivity index (χ1n) is 9.97. The van der Waals surface area contributed by atoms with E-state index in [1.807, 2.05) is 23.1 Å². The summed E-state index contributed by atoms with van der Waals surface area (Å²) in [7, 11) is 0. The van der Waals surface area contributed by atoms with E-state index >= 15 is 0 Å². The van der Waals surface area contributed by atoms with E-state index in [9.17, 15) is 4.79 Å². The highest BCUT2D eigenvalue weighted by Crippen LogP contribution is 2.39. The molecule has 0 aromatic heterocycles. The Hall–Kier alpha value is -2.86. The first kappa shape index (κ1) is 20.9. The lowest BCUT2D eigenvalue weighted by atomic mass is 10.1. The van der Waals surface area contributed by atoms with Gasteiger partial charge in [0.05, 0.1) is 12.6 Å². The Labute approximate surface area is 171 Å². The molecule has 2 fully saturated rings. The second-order valence-corrected chi connectivity index (χ2v) is 7.57. The second-order valence-electron chi connectivity index (χ2n) is 7.57. The number of hydrogen-bond acceptors (Lipinski definition) is 3. The number of ether oxygens (including phenoxy) is 1. The van der Waals surface area contributed by atoms with Crippen LogP contribution >= 0.6 is 0 Å². The van der Waals surface area contributed by atoms with Crippen LogP contribution in [0.25, 0.3) is 0 Å². The molecule has 0 bridgehead atoms. The molecule has 1 heterocycles. The van der Waals surface area contributed by atoms with Crippen molar-refractivity contribution in [3.8, 4) is 0 Å². The van der Waals surface area contributed by atoms with Gasteiger partial charge < -0.3 is 20.1 Å². The topological polar surface area (TPSA) is 78.9 Å². The van der Waals surface area contributed by atoms with Crippen molar-refractivity contribution in [3.63, 3.8) is 0 Å². The lowest BCUT2D eigenvalue weighted by Crippen LogP contribution is -2.51. The number of hydrogen-bond donors (Lipinski definition) is 2. The lowest BCUT2D eigenvalue weighted by molar-refractivity contribution is -0.122. The van der Waals surface area contributed by atoms with Crippen LogP contribution in [0.5, 0.6) is 0 Å². The fourth-order valence-electron chi connectivity index (χ4n) is 3.53. The molecule has 2 aromatic carbocycles. The maximum atomic E-state index is 12.8. The van der Waals surface area contributed by atoms with Crippen LogP contribution in [0.2, 0.25) is 0 Å². The van der Waals surface area contributed by atoms with Crippen LogP contribution in [0, 0.1) is 12.8 Å². The molecule has 2 amide bonds. The Balaban J connectivity index is 0.000000755. The van der Waals surface area contributed by atoms with Gasteiger partial charge in [-0.05, 0) is 36.8 Å². The molecule has 6 nitrogen and oxygen atoms in total. The number of rotatable bonds is 4. The van der Waals surface area contributed by atoms with Crippen molar-refractivity contribution >= 4 is 12.5 Å². The number of benzene rings is 2. The van der Waals surface area contributed by atoms with Gasteiger partial charge in [0.1, 0.15) is 6.10 Å². The Kier molecular flexibility index (Phi) is 7.25. The van der Waals surface area contributed by atoms with Crippen molar-refractivity contribution in [2.75, 3.05) is 13.1 Å². The third-order valence-electron chi connectivity index (χ3n) is 5.30. The van der Waals surface area contributed by atoms with E-state index in [0.717, 1.165) is 11.1 Å². The van der Waals surface area contributed by atoms with Gasteiger partial charge in [-0.15, -0.1) is 0 Å². The summed E-state index contributed by atoms with van der Waals surface area (Å²) in [5.41, 5.74) is 3.50. The monoisotopic (exact) mass is 396 g/mol. The molecule has 6 heteroatoms. The molecule has 1 aliphatic carbocycles. The van der Waals surface area contributed by atoms with E-state index in [2.05, 4.69) is 48.6 Å². The van der Waals surface area contributed by atoms with Gasteiger partial charge >= 0.3 is 6.03 Å². The van der Waals surface area contributed by atoms with Crippen molar-refractivity contribution in [1.29, 1.82) is 0 Å². The van der Waals surface area contributed by atoms with E-state index in [1.165, 1.54) is 18.4 Å². The summed E-state index contributed by atoms with van der Waals surface area (Å²) in [5.74, 6) is 0.605. The molecule has 2 atom stereocenters. The molecule has 1 aliphatic heterocycles. The fourth-order valence-corrected chi connectivity index (χ4v) is 3.53. The average molecular weight is 396 g/mol. The quantitative estimate of drug-likeness (QED) is 0.772. The van der Waals surface area contributed by atoms with Crippen molar-refractivity contribution in [3.05, 3.63) is 71.3 Å². The smallest absolute Gasteiger partial charge is 0.317 e. The van der Waals surface area contributed by atoms with Gasteiger partial charge in [-0.1, -0.05) is 60.2 Å². The summed E-state index contributed by atoms with van der Waals surface area (Å²) in [6, 6.07) is 18.5. The predicted molar refractivity (Wildman–Crippen MR) is 110 cm³/mol. The summed E-state index contributed by atoms with van der Waals surface area (Å²) in [6.07, 6.45) is 2.54. The lowest BCUT2D eigenvalue weighted by Gasteiger charge is -2.38. The van der Waals surface area contributed by atoms with Gasteiger partial charge in [-0.2, -0.15) is 0 Å². The highest BCUT2D eigenvalue weighted by atomic mass is 16.5. The van der Waals surface area contributed by atoms with Gasteiger partial charge in [0.15, 0.2) is 0 Å². The molecule has 4 rings (SSSR count). The summed E-state index contributed by atoms with van der Waals surface area (Å²) in [6.45, 7) is 3.67. The zero-order chi connectivity index (χ0) is 20.6. The van der Waals surface area contributed by atoms with Crippen molar-refractivity contribution in [2.24, 2.45) is 5.92 Å². The van der Waals surface area contributed by atoms with Gasteiger partial charge in [-0.25, -0.2) is 4.79 Å². The zero-order valence-corrected chi connectivity index (χ0v) is 16.7. The number of carbonyl (C=O) groups excluding carboxylic acids is 1. The molecule has 0 radical (unpaired) electrons. The number of carboxylic acid groups (broad SMARTS) is 1. The van der Waals surface area contributed by atoms with Crippen molar-refractivity contribution < 1.29 is 19.4 Å². The number of morpholine rings is 1. The largest absolute Gasteiger partial charge is 0.483 e. The minimum absolute atomic E-state index is 0.000422. The van der Waals surface area contributed by atoms with Crippen molar-refractivity contribution in [2.45, 2.75) is 38.5 Å². The zero-order valence-electron chi connectivity index (χ0n) is 16.7. The molecule has 0 unspecified atom stereocenters. The molecule has 154 valence electrons. The van der Waals surface area contributed by atoms with Gasteiger partial charge in [0.2, 0.25) is 0 Å². The number of amides is 2. The minimum atomic E-state index is -0.250. The van der Waals surface area contributed by atoms with Gasteiger partial charge in [0, 0.05) is 13.1 Å². The molecule has 1 saturated carbocycles. The van der Waals surface area contributed by atoms with Crippen LogP contribution in [-0.2, 0) is 16.1 Å². The summed E-state index contributed by atoms with van der Waals surface area (Å²) in [5, 5.41) is 9.96. The van der Waals surface area contributed by atoms with Crippen LogP contribution in [0.15, 0.2) is 54.6 Å². The van der Waals surface area contributed by atoms with E-state index < -0.39 is 0 Å². The predicted octanol–water partition coefficient (Wildman–Crippen LogP) is 3.76. The van der Waals surface area contributed by atoms with Crippen LogP contribution in [0.4, 0.5) is 4.79 Å². The first-order chi connectivity index (χ1) is 14.1. The number of aryl methyl sites for hydroxylation is 1. The van der Waals surface area contributed by atoms with Crippen LogP contribution in [0.3, 0.4) is 0 Å². The molecule has 1 saturated heterocycles. The normalized spacial score (nSPS) is 20.9. The molecule has 2 aromatic rings. The second kappa shape index (κ2) is 10.1. The first-order valence-corrected chi connectivity index (χ1v) is 9.97. The highest BCUT2D eigenvalue weighted by Gasteiger charge is 2.40. The Morgan fingerprint density at radius 2 is 1.79 bits per heavy atom. The average Bonchev–Trinajstić information content (AvgIpc) is 3.59. The molecular formula is C23H28N2O4. The maximum Gasteiger partial charge on any atom is 0.317 e. The minimum Gasteiger partial charge on any atom is -0.483 e. The maximum absolute atomic E-state index is 12.8. The van der Waals surface area contributed by atoms with Crippen LogP contribution < -0.4 is 5.32 Å². The van der Waals surface area contributed by atoms with Crippen molar-refractivity contribution in [1.82, 2.24) is 10.2 Å². The Bertz CT molecular complexity index is 790. The summed E-state index contributed by atoms with van der Waals surface area (Å²) >= 11 is 0. The highest BCUT2D eigenvalue weighted by molar-refractivity contribution is 5.74. The van der Waals surface area contributed by atoms with E-state index in [-0.39, 0.29) is 24.7 Å². The summed E-state index contributed by atoms with van der Waals surface area (Å²) in [4.78, 5) is 23.1. The van der Waals surface area contributed by atoms with Crippen LogP contribution in [0.1, 0.15) is 35.6 Å². The fraction of sp³-hybridized carbons (Fsp3) is 0.391. The Morgan fingerprint density at radius 1 is 1.14 bits per heavy atom. The molecule has 2 N–H and O–H groups in total. The molecule has 29 heavy (non-hydrogen) atoms. The van der Waals surface area contributed by atoms with E-state index in [0.29, 0.717) is 25.6 Å². The molecule has 2 aliphatic rings. The standard InChI is InChI=1S/C22H26N2O2.CH2O2/c1-16-7-9-17(10-8-16)13-23-22(25)24-14-20(18-5-3-2-4-6-18)26-21(15-24)19-11-12-19;2-1-3/h2-10,19-21H,11-15H2,1H3,(H,23,25);1H,(H,2,3)/t20-,21+;/m0./s1. The number of carbonyl (C=O) groups is 2. The van der Waals surface area contributed by atoms with E-state index in [4.69, 9.17) is 14.6 Å². The van der Waals surface area contributed by atoms with Gasteiger partial charge in [-0.3, -0.25) is 4.79 Å². The molecule has 0 spiro atoms. The SMILES string of the molecule is Cc1ccc(CNC(=O)N2C[C@@H](c3ccccc3)O[C@@H](C3CC3)C2)cc1.O=CO.